The lowest BCUT2D eigenvalue weighted by Gasteiger charge is -2.22. The van der Waals surface area contributed by atoms with Crippen molar-refractivity contribution in [1.29, 1.82) is 0 Å². The summed E-state index contributed by atoms with van der Waals surface area (Å²) in [4.78, 5) is 17.1. The van der Waals surface area contributed by atoms with Gasteiger partial charge in [-0.05, 0) is 70.0 Å². The van der Waals surface area contributed by atoms with Crippen LogP contribution in [0, 0.1) is 6.92 Å². The van der Waals surface area contributed by atoms with Crippen LogP contribution in [0.5, 0.6) is 5.75 Å². The van der Waals surface area contributed by atoms with E-state index in [0.29, 0.717) is 12.2 Å². The third-order valence-electron chi connectivity index (χ3n) is 5.68. The molecule has 3 rings (SSSR count). The fraction of sp³-hybridized carbons (Fsp3) is 0.500. The van der Waals surface area contributed by atoms with Crippen LogP contribution in [0.3, 0.4) is 0 Å². The van der Waals surface area contributed by atoms with Crippen molar-refractivity contribution in [2.24, 2.45) is 0 Å². The van der Waals surface area contributed by atoms with Gasteiger partial charge < -0.3 is 10.1 Å². The molecule has 178 valence electrons. The second-order valence-electron chi connectivity index (χ2n) is 9.94. The first-order valence-electron chi connectivity index (χ1n) is 12.4. The van der Waals surface area contributed by atoms with Gasteiger partial charge in [-0.25, -0.2) is 4.98 Å². The van der Waals surface area contributed by atoms with Crippen molar-refractivity contribution < 1.29 is 9.53 Å². The zero-order valence-electron chi connectivity index (χ0n) is 20.9. The predicted octanol–water partition coefficient (Wildman–Crippen LogP) is 7.57. The molecule has 0 atom stereocenters. The molecule has 0 spiro atoms. The first kappa shape index (κ1) is 24.8. The number of imidazole rings is 1. The molecule has 0 bridgehead atoms. The highest BCUT2D eigenvalue weighted by Crippen LogP contribution is 2.32. The summed E-state index contributed by atoms with van der Waals surface area (Å²) >= 11 is 0. The smallest absolute Gasteiger partial charge is 0.311 e. The quantitative estimate of drug-likeness (QED) is 0.186. The monoisotopic (exact) mass is 449 g/mol. The summed E-state index contributed by atoms with van der Waals surface area (Å²) in [6.45, 7) is 10.7. The molecule has 0 unspecified atom stereocenters. The number of anilines is 1. The Morgan fingerprint density at radius 1 is 1.00 bits per heavy atom. The lowest BCUT2D eigenvalue weighted by atomic mass is 10.1. The Morgan fingerprint density at radius 3 is 2.33 bits per heavy atom. The molecule has 0 saturated carbocycles. The predicted molar refractivity (Wildman–Crippen MR) is 137 cm³/mol. The van der Waals surface area contributed by atoms with Crippen LogP contribution in [0.4, 0.5) is 5.82 Å². The minimum atomic E-state index is -0.158. The number of aromatic nitrogens is 2. The molecule has 1 aromatic carbocycles. The number of ether oxygens (including phenoxy) is 1. The molecule has 2 aromatic heterocycles. The zero-order chi connectivity index (χ0) is 23.8. The van der Waals surface area contributed by atoms with E-state index in [-0.39, 0.29) is 11.5 Å². The topological polar surface area (TPSA) is 55.6 Å². The maximum absolute atomic E-state index is 12.2. The summed E-state index contributed by atoms with van der Waals surface area (Å²) in [7, 11) is 0. The van der Waals surface area contributed by atoms with E-state index in [1.54, 1.807) is 0 Å². The van der Waals surface area contributed by atoms with Gasteiger partial charge in [0.2, 0.25) is 0 Å². The van der Waals surface area contributed by atoms with Crippen LogP contribution in [0.25, 0.3) is 16.9 Å². The lowest BCUT2D eigenvalue weighted by Crippen LogP contribution is -2.27. The molecule has 3 aromatic rings. The normalized spacial score (nSPS) is 11.7. The second kappa shape index (κ2) is 11.4. The molecule has 0 saturated heterocycles. The molecular weight excluding hydrogens is 410 g/mol. The Kier molecular flexibility index (Phi) is 8.54. The van der Waals surface area contributed by atoms with E-state index in [9.17, 15) is 4.79 Å². The van der Waals surface area contributed by atoms with E-state index < -0.39 is 0 Å². The SMILES string of the molecule is CCCCCCCCCC(=O)Oc1ccc(-c2nc3c(C)cccn3c2NC(C)(C)C)cc1. The number of unbranched alkanes of at least 4 members (excludes halogenated alkanes) is 6. The van der Waals surface area contributed by atoms with E-state index in [2.05, 4.69) is 50.4 Å². The standard InChI is InChI=1S/C28H39N3O2/c1-6-7-8-9-10-11-12-15-24(32)33-23-18-16-22(17-19-23)25-27(30-28(3,4)5)31-20-13-14-21(2)26(31)29-25/h13-14,16-20,30H,6-12,15H2,1-5H3. The fourth-order valence-corrected chi connectivity index (χ4v) is 3.97. The van der Waals surface area contributed by atoms with Crippen LogP contribution in [0.15, 0.2) is 42.6 Å². The third-order valence-corrected chi connectivity index (χ3v) is 5.68. The average molecular weight is 450 g/mol. The Hall–Kier alpha value is -2.82. The molecule has 33 heavy (non-hydrogen) atoms. The number of pyridine rings is 1. The molecule has 0 amide bonds. The number of esters is 1. The van der Waals surface area contributed by atoms with Crippen LogP contribution in [0.1, 0.15) is 84.6 Å². The van der Waals surface area contributed by atoms with Crippen molar-refractivity contribution in [3.63, 3.8) is 0 Å². The molecule has 0 aliphatic carbocycles. The van der Waals surface area contributed by atoms with Crippen molar-refractivity contribution in [3.05, 3.63) is 48.2 Å². The van der Waals surface area contributed by atoms with Crippen molar-refractivity contribution in [1.82, 2.24) is 9.38 Å². The Labute approximate surface area is 198 Å². The van der Waals surface area contributed by atoms with Gasteiger partial charge in [0.1, 0.15) is 22.9 Å². The molecule has 0 radical (unpaired) electrons. The van der Waals surface area contributed by atoms with Gasteiger partial charge in [0.25, 0.3) is 0 Å². The molecule has 0 aliphatic heterocycles. The highest BCUT2D eigenvalue weighted by Gasteiger charge is 2.20. The van der Waals surface area contributed by atoms with E-state index in [4.69, 9.17) is 9.72 Å². The van der Waals surface area contributed by atoms with E-state index in [1.165, 1.54) is 32.1 Å². The third kappa shape index (κ3) is 7.08. The Bertz CT molecular complexity index is 1050. The molecule has 5 heteroatoms. The summed E-state index contributed by atoms with van der Waals surface area (Å²) in [5.41, 5.74) is 3.82. The maximum atomic E-state index is 12.2. The number of hydrogen-bond acceptors (Lipinski definition) is 4. The first-order chi connectivity index (χ1) is 15.8. The zero-order valence-corrected chi connectivity index (χ0v) is 20.9. The van der Waals surface area contributed by atoms with Gasteiger partial charge in [-0.15, -0.1) is 0 Å². The molecule has 2 heterocycles. The molecule has 0 fully saturated rings. The summed E-state index contributed by atoms with van der Waals surface area (Å²) < 4.78 is 7.66. The molecule has 0 aliphatic rings. The Balaban J connectivity index is 1.66. The summed E-state index contributed by atoms with van der Waals surface area (Å²) in [6, 6.07) is 11.8. The largest absolute Gasteiger partial charge is 0.427 e. The van der Waals surface area contributed by atoms with Gasteiger partial charge in [0, 0.05) is 23.7 Å². The van der Waals surface area contributed by atoms with Gasteiger partial charge >= 0.3 is 5.97 Å². The van der Waals surface area contributed by atoms with Crippen molar-refractivity contribution in [2.45, 2.75) is 91.5 Å². The van der Waals surface area contributed by atoms with Crippen LogP contribution in [-0.4, -0.2) is 20.9 Å². The number of rotatable bonds is 11. The second-order valence-corrected chi connectivity index (χ2v) is 9.94. The number of nitrogens with one attached hydrogen (secondary N) is 1. The lowest BCUT2D eigenvalue weighted by molar-refractivity contribution is -0.134. The van der Waals surface area contributed by atoms with Crippen LogP contribution in [0.2, 0.25) is 0 Å². The summed E-state index contributed by atoms with van der Waals surface area (Å²) in [5, 5.41) is 3.60. The van der Waals surface area contributed by atoms with Crippen molar-refractivity contribution in [2.75, 3.05) is 5.32 Å². The number of benzene rings is 1. The fourth-order valence-electron chi connectivity index (χ4n) is 3.97. The minimum Gasteiger partial charge on any atom is -0.427 e. The average Bonchev–Trinajstić information content (AvgIpc) is 3.12. The van der Waals surface area contributed by atoms with Gasteiger partial charge in [-0.1, -0.05) is 51.5 Å². The van der Waals surface area contributed by atoms with Gasteiger partial charge in [-0.3, -0.25) is 9.20 Å². The van der Waals surface area contributed by atoms with E-state index in [0.717, 1.165) is 41.1 Å². The van der Waals surface area contributed by atoms with Gasteiger partial charge in [0.15, 0.2) is 0 Å². The van der Waals surface area contributed by atoms with Gasteiger partial charge in [-0.2, -0.15) is 0 Å². The highest BCUT2D eigenvalue weighted by molar-refractivity contribution is 5.78. The number of carbonyl (C=O) groups excluding carboxylic acids is 1. The number of fused-ring (bicyclic) bond motifs is 1. The highest BCUT2D eigenvalue weighted by atomic mass is 16.5. The van der Waals surface area contributed by atoms with Crippen molar-refractivity contribution in [3.8, 4) is 17.0 Å². The molecule has 1 N–H and O–H groups in total. The van der Waals surface area contributed by atoms with Crippen LogP contribution >= 0.6 is 0 Å². The number of carbonyl (C=O) groups is 1. The van der Waals surface area contributed by atoms with E-state index >= 15 is 0 Å². The van der Waals surface area contributed by atoms with Crippen LogP contribution in [-0.2, 0) is 4.79 Å². The van der Waals surface area contributed by atoms with Crippen molar-refractivity contribution >= 4 is 17.4 Å². The Morgan fingerprint density at radius 2 is 1.67 bits per heavy atom. The number of nitrogens with zero attached hydrogens (tertiary/aromatic N) is 2. The summed E-state index contributed by atoms with van der Waals surface area (Å²) in [6.07, 6.45) is 10.8. The number of hydrogen-bond donors (Lipinski definition) is 1. The minimum absolute atomic E-state index is 0.111. The molecule has 5 nitrogen and oxygen atoms in total. The number of aryl methyl sites for hydroxylation is 1. The van der Waals surface area contributed by atoms with E-state index in [1.807, 2.05) is 36.5 Å². The summed E-state index contributed by atoms with van der Waals surface area (Å²) in [5.74, 6) is 1.39. The first-order valence-corrected chi connectivity index (χ1v) is 12.4. The van der Waals surface area contributed by atoms with Crippen LogP contribution < -0.4 is 10.1 Å². The maximum Gasteiger partial charge on any atom is 0.311 e. The van der Waals surface area contributed by atoms with Gasteiger partial charge in [0.05, 0.1) is 0 Å². The molecular formula is C28H39N3O2.